The van der Waals surface area contributed by atoms with Gasteiger partial charge in [0, 0.05) is 12.6 Å². The van der Waals surface area contributed by atoms with Gasteiger partial charge in [-0.15, -0.1) is 0 Å². The molecule has 2 saturated heterocycles. The Kier molecular flexibility index (Phi) is 5.79. The van der Waals surface area contributed by atoms with Gasteiger partial charge in [0.25, 0.3) is 0 Å². The van der Waals surface area contributed by atoms with Crippen LogP contribution in [0.5, 0.6) is 0 Å². The third-order valence-corrected chi connectivity index (χ3v) is 4.66. The Bertz CT molecular complexity index is 197. The minimum Gasteiger partial charge on any atom is -0.313 e. The molecule has 0 aromatic carbocycles. The van der Waals surface area contributed by atoms with Crippen molar-refractivity contribution in [2.75, 3.05) is 26.2 Å². The second-order valence-corrected chi connectivity index (χ2v) is 6.01. The Balaban J connectivity index is 1.73. The highest BCUT2D eigenvalue weighted by Gasteiger charge is 2.19. The predicted molar refractivity (Wildman–Crippen MR) is 74.3 cm³/mol. The van der Waals surface area contributed by atoms with E-state index >= 15 is 0 Å². The molecular formula is C15H30N2. The van der Waals surface area contributed by atoms with E-state index in [-0.39, 0.29) is 0 Å². The quantitative estimate of drug-likeness (QED) is 0.813. The van der Waals surface area contributed by atoms with Crippen molar-refractivity contribution in [1.82, 2.24) is 10.2 Å². The van der Waals surface area contributed by atoms with Crippen LogP contribution in [0.4, 0.5) is 0 Å². The van der Waals surface area contributed by atoms with Crippen LogP contribution in [-0.4, -0.2) is 37.1 Å². The number of rotatable bonds is 3. The Morgan fingerprint density at radius 2 is 1.94 bits per heavy atom. The van der Waals surface area contributed by atoms with Gasteiger partial charge in [-0.2, -0.15) is 0 Å². The third kappa shape index (κ3) is 4.59. The van der Waals surface area contributed by atoms with Gasteiger partial charge in [-0.05, 0) is 57.7 Å². The van der Waals surface area contributed by atoms with Crippen molar-refractivity contribution in [3.8, 4) is 0 Å². The third-order valence-electron chi connectivity index (χ3n) is 4.66. The zero-order valence-corrected chi connectivity index (χ0v) is 11.6. The van der Waals surface area contributed by atoms with Gasteiger partial charge in [0.15, 0.2) is 0 Å². The molecular weight excluding hydrogens is 208 g/mol. The molecule has 2 nitrogen and oxygen atoms in total. The van der Waals surface area contributed by atoms with Gasteiger partial charge < -0.3 is 10.2 Å². The minimum absolute atomic E-state index is 0.774. The number of nitrogens with one attached hydrogen (secondary N) is 1. The molecule has 0 aromatic rings. The Hall–Kier alpha value is -0.0800. The Morgan fingerprint density at radius 3 is 2.82 bits per heavy atom. The lowest BCUT2D eigenvalue weighted by atomic mass is 9.98. The van der Waals surface area contributed by atoms with Gasteiger partial charge >= 0.3 is 0 Å². The van der Waals surface area contributed by atoms with Crippen molar-refractivity contribution in [1.29, 1.82) is 0 Å². The number of hydrogen-bond donors (Lipinski definition) is 1. The molecule has 1 N–H and O–H groups in total. The average molecular weight is 238 g/mol. The summed E-state index contributed by atoms with van der Waals surface area (Å²) in [6, 6.07) is 0.774. The molecule has 0 radical (unpaired) electrons. The molecule has 100 valence electrons. The molecule has 2 rings (SSSR count). The van der Waals surface area contributed by atoms with Crippen LogP contribution in [0.1, 0.15) is 58.3 Å². The fraction of sp³-hybridized carbons (Fsp3) is 1.00. The molecule has 2 fully saturated rings. The maximum Gasteiger partial charge on any atom is 0.0195 e. The molecule has 0 bridgehead atoms. The maximum atomic E-state index is 3.73. The van der Waals surface area contributed by atoms with Crippen LogP contribution >= 0.6 is 0 Å². The van der Waals surface area contributed by atoms with Crippen LogP contribution in [0.25, 0.3) is 0 Å². The van der Waals surface area contributed by atoms with Crippen molar-refractivity contribution in [2.45, 2.75) is 64.3 Å². The van der Waals surface area contributed by atoms with Gasteiger partial charge in [-0.25, -0.2) is 0 Å². The highest BCUT2D eigenvalue weighted by Crippen LogP contribution is 2.20. The first-order valence-electron chi connectivity index (χ1n) is 7.84. The lowest BCUT2D eigenvalue weighted by Crippen LogP contribution is -2.41. The van der Waals surface area contributed by atoms with Crippen molar-refractivity contribution in [2.24, 2.45) is 5.92 Å². The molecule has 0 aromatic heterocycles. The first-order valence-corrected chi connectivity index (χ1v) is 7.84. The molecule has 2 heteroatoms. The molecule has 2 aliphatic rings. The van der Waals surface area contributed by atoms with Crippen LogP contribution < -0.4 is 5.32 Å². The summed E-state index contributed by atoms with van der Waals surface area (Å²) in [4.78, 5) is 2.72. The molecule has 0 spiro atoms. The van der Waals surface area contributed by atoms with Crippen LogP contribution in [0, 0.1) is 5.92 Å². The zero-order chi connectivity index (χ0) is 11.9. The fourth-order valence-corrected chi connectivity index (χ4v) is 3.38. The molecule has 2 unspecified atom stereocenters. The SMILES string of the molecule is CCC1CCCN(CC2CCCCCN2)CC1. The topological polar surface area (TPSA) is 15.3 Å². The highest BCUT2D eigenvalue weighted by atomic mass is 15.1. The summed E-state index contributed by atoms with van der Waals surface area (Å²) in [5, 5.41) is 3.73. The first-order chi connectivity index (χ1) is 8.38. The van der Waals surface area contributed by atoms with E-state index in [4.69, 9.17) is 0 Å². The van der Waals surface area contributed by atoms with E-state index < -0.39 is 0 Å². The molecule has 2 heterocycles. The number of hydrogen-bond acceptors (Lipinski definition) is 2. The minimum atomic E-state index is 0.774. The van der Waals surface area contributed by atoms with Crippen LogP contribution in [0.3, 0.4) is 0 Å². The van der Waals surface area contributed by atoms with E-state index in [9.17, 15) is 0 Å². The van der Waals surface area contributed by atoms with Crippen LogP contribution in [0.2, 0.25) is 0 Å². The van der Waals surface area contributed by atoms with Gasteiger partial charge in [0.05, 0.1) is 0 Å². The van der Waals surface area contributed by atoms with Gasteiger partial charge in [0.1, 0.15) is 0 Å². The summed E-state index contributed by atoms with van der Waals surface area (Å²) < 4.78 is 0. The van der Waals surface area contributed by atoms with E-state index in [0.29, 0.717) is 0 Å². The molecule has 0 saturated carbocycles. The van der Waals surface area contributed by atoms with Crippen molar-refractivity contribution in [3.05, 3.63) is 0 Å². The molecule has 0 amide bonds. The van der Waals surface area contributed by atoms with Crippen molar-refractivity contribution < 1.29 is 0 Å². The highest BCUT2D eigenvalue weighted by molar-refractivity contribution is 4.77. The first kappa shape index (κ1) is 13.4. The summed E-state index contributed by atoms with van der Waals surface area (Å²) in [6.45, 7) is 7.59. The predicted octanol–water partition coefficient (Wildman–Crippen LogP) is 3.03. The summed E-state index contributed by atoms with van der Waals surface area (Å²) in [5.74, 6) is 1.00. The van der Waals surface area contributed by atoms with Crippen molar-refractivity contribution in [3.63, 3.8) is 0 Å². The van der Waals surface area contributed by atoms with Gasteiger partial charge in [-0.3, -0.25) is 0 Å². The lowest BCUT2D eigenvalue weighted by molar-refractivity contribution is 0.244. The van der Waals surface area contributed by atoms with Gasteiger partial charge in [0.2, 0.25) is 0 Å². The van der Waals surface area contributed by atoms with Gasteiger partial charge in [-0.1, -0.05) is 26.2 Å². The maximum absolute atomic E-state index is 3.73. The van der Waals surface area contributed by atoms with Crippen molar-refractivity contribution >= 4 is 0 Å². The van der Waals surface area contributed by atoms with E-state index in [2.05, 4.69) is 17.1 Å². The van der Waals surface area contributed by atoms with E-state index in [0.717, 1.165) is 12.0 Å². The molecule has 2 aliphatic heterocycles. The lowest BCUT2D eigenvalue weighted by Gasteiger charge is -2.26. The summed E-state index contributed by atoms with van der Waals surface area (Å²) >= 11 is 0. The number of nitrogens with zero attached hydrogens (tertiary/aromatic N) is 1. The smallest absolute Gasteiger partial charge is 0.0195 e. The summed E-state index contributed by atoms with van der Waals surface area (Å²) in [6.07, 6.45) is 11.3. The fourth-order valence-electron chi connectivity index (χ4n) is 3.38. The average Bonchev–Trinajstić information content (AvgIpc) is 2.72. The van der Waals surface area contributed by atoms with E-state index in [1.54, 1.807) is 0 Å². The monoisotopic (exact) mass is 238 g/mol. The Morgan fingerprint density at radius 1 is 1.00 bits per heavy atom. The molecule has 2 atom stereocenters. The zero-order valence-electron chi connectivity index (χ0n) is 11.6. The van der Waals surface area contributed by atoms with Crippen LogP contribution in [0.15, 0.2) is 0 Å². The van der Waals surface area contributed by atoms with E-state index in [1.807, 2.05) is 0 Å². The molecule has 0 aliphatic carbocycles. The Labute approximate surface area is 107 Å². The number of likely N-dealkylation sites (tertiary alicyclic amines) is 1. The standard InChI is InChI=1S/C15H30N2/c1-2-14-7-6-11-17(12-9-14)13-15-8-4-3-5-10-16-15/h14-16H,2-13H2,1H3. The van der Waals surface area contributed by atoms with E-state index in [1.165, 1.54) is 77.5 Å². The van der Waals surface area contributed by atoms with Crippen LogP contribution in [-0.2, 0) is 0 Å². The molecule has 17 heavy (non-hydrogen) atoms. The second-order valence-electron chi connectivity index (χ2n) is 6.01. The second kappa shape index (κ2) is 7.38. The summed E-state index contributed by atoms with van der Waals surface area (Å²) in [7, 11) is 0. The largest absolute Gasteiger partial charge is 0.313 e. The summed E-state index contributed by atoms with van der Waals surface area (Å²) in [5.41, 5.74) is 0. The normalized spacial score (nSPS) is 33.0.